The Kier molecular flexibility index (Phi) is 6.74. The third-order valence-corrected chi connectivity index (χ3v) is 4.88. The molecule has 3 aromatic rings. The minimum absolute atomic E-state index is 0.307. The van der Waals surface area contributed by atoms with Crippen LogP contribution in [0.4, 0.5) is 5.69 Å². The normalized spacial score (nSPS) is 10.8. The number of fused-ring (bicyclic) bond motifs is 1. The molecule has 0 aliphatic rings. The summed E-state index contributed by atoms with van der Waals surface area (Å²) < 4.78 is 6.59. The maximum absolute atomic E-state index is 13.0. The van der Waals surface area contributed by atoms with Gasteiger partial charge in [-0.1, -0.05) is 25.5 Å². The molecular weight excluding hydrogens is 396 g/mol. The lowest BCUT2D eigenvalue weighted by Gasteiger charge is -2.15. The number of nitrogens with one attached hydrogen (secondary N) is 1. The Morgan fingerprint density at radius 2 is 1.77 bits per heavy atom. The summed E-state index contributed by atoms with van der Waals surface area (Å²) in [7, 11) is 0. The predicted octanol–water partition coefficient (Wildman–Crippen LogP) is 4.24. The largest absolute Gasteiger partial charge is 0.506 e. The van der Waals surface area contributed by atoms with E-state index >= 15 is 0 Å². The van der Waals surface area contributed by atoms with Gasteiger partial charge in [-0.25, -0.2) is 4.79 Å². The van der Waals surface area contributed by atoms with Gasteiger partial charge < -0.3 is 19.7 Å². The predicted molar refractivity (Wildman–Crippen MR) is 120 cm³/mol. The second kappa shape index (κ2) is 9.47. The highest BCUT2D eigenvalue weighted by Crippen LogP contribution is 2.28. The van der Waals surface area contributed by atoms with Gasteiger partial charge in [0.05, 0.1) is 17.7 Å². The minimum atomic E-state index is -0.711. The van der Waals surface area contributed by atoms with Crippen LogP contribution in [0, 0.1) is 6.92 Å². The Balaban J connectivity index is 1.95. The average Bonchev–Trinajstić information content (AvgIpc) is 2.75. The molecular formula is C24H26N2O5. The smallest absolute Gasteiger partial charge is 0.338 e. The number of rotatable bonds is 7. The second-order valence-corrected chi connectivity index (χ2v) is 7.37. The first kappa shape index (κ1) is 22.1. The van der Waals surface area contributed by atoms with Crippen LogP contribution in [0.5, 0.6) is 5.75 Å². The number of nitrogens with zero attached hydrogens (tertiary/aromatic N) is 1. The van der Waals surface area contributed by atoms with E-state index in [1.165, 1.54) is 16.7 Å². The molecule has 7 heteroatoms. The van der Waals surface area contributed by atoms with E-state index in [-0.39, 0.29) is 11.3 Å². The number of aromatic nitrogens is 1. The number of benzene rings is 2. The lowest BCUT2D eigenvalue weighted by Crippen LogP contribution is -2.29. The SMILES string of the molecule is CCCOC(=O)c1ccc(NC(=O)c2c(O)c3cc(C)ccc3n(CCC)c2=O)cc1. The fourth-order valence-electron chi connectivity index (χ4n) is 3.37. The van der Waals surface area contributed by atoms with Gasteiger partial charge in [-0.2, -0.15) is 0 Å². The molecule has 0 aliphatic heterocycles. The van der Waals surface area contributed by atoms with Crippen LogP contribution < -0.4 is 10.9 Å². The molecule has 2 aromatic carbocycles. The Labute approximate surface area is 180 Å². The molecule has 162 valence electrons. The summed E-state index contributed by atoms with van der Waals surface area (Å²) in [6, 6.07) is 11.6. The van der Waals surface area contributed by atoms with Gasteiger partial charge >= 0.3 is 5.97 Å². The van der Waals surface area contributed by atoms with Gasteiger partial charge in [0, 0.05) is 17.6 Å². The summed E-state index contributed by atoms with van der Waals surface area (Å²) in [5.41, 5.74) is 1.39. The number of ether oxygens (including phenoxy) is 1. The maximum atomic E-state index is 13.0. The molecule has 0 bridgehead atoms. The number of aromatic hydroxyl groups is 1. The van der Waals surface area contributed by atoms with Crippen molar-refractivity contribution in [3.63, 3.8) is 0 Å². The Bertz CT molecular complexity index is 1180. The monoisotopic (exact) mass is 422 g/mol. The molecule has 0 aliphatic carbocycles. The zero-order valence-corrected chi connectivity index (χ0v) is 17.9. The third kappa shape index (κ3) is 4.60. The van der Waals surface area contributed by atoms with Crippen molar-refractivity contribution in [3.05, 3.63) is 69.5 Å². The fraction of sp³-hybridized carbons (Fsp3) is 0.292. The van der Waals surface area contributed by atoms with Crippen LogP contribution in [-0.4, -0.2) is 28.2 Å². The van der Waals surface area contributed by atoms with Crippen LogP contribution in [0.2, 0.25) is 0 Å². The van der Waals surface area contributed by atoms with Gasteiger partial charge in [0.2, 0.25) is 0 Å². The van der Waals surface area contributed by atoms with Crippen molar-refractivity contribution in [2.75, 3.05) is 11.9 Å². The first-order valence-corrected chi connectivity index (χ1v) is 10.3. The van der Waals surface area contributed by atoms with Crippen molar-refractivity contribution < 1.29 is 19.4 Å². The fourth-order valence-corrected chi connectivity index (χ4v) is 3.37. The number of aryl methyl sites for hydroxylation is 2. The highest BCUT2D eigenvalue weighted by molar-refractivity contribution is 6.09. The summed E-state index contributed by atoms with van der Waals surface area (Å²) in [4.78, 5) is 37.9. The van der Waals surface area contributed by atoms with E-state index in [2.05, 4.69) is 5.32 Å². The number of amides is 1. The molecule has 3 rings (SSSR count). The maximum Gasteiger partial charge on any atom is 0.338 e. The van der Waals surface area contributed by atoms with E-state index in [1.54, 1.807) is 24.3 Å². The lowest BCUT2D eigenvalue weighted by molar-refractivity contribution is 0.0505. The molecule has 1 amide bonds. The van der Waals surface area contributed by atoms with Crippen molar-refractivity contribution in [2.45, 2.75) is 40.2 Å². The van der Waals surface area contributed by atoms with Crippen LogP contribution in [0.3, 0.4) is 0 Å². The molecule has 0 saturated heterocycles. The van der Waals surface area contributed by atoms with E-state index in [0.717, 1.165) is 12.0 Å². The molecule has 31 heavy (non-hydrogen) atoms. The molecule has 0 unspecified atom stereocenters. The van der Waals surface area contributed by atoms with Gasteiger partial charge in [-0.05, 0) is 56.2 Å². The highest BCUT2D eigenvalue weighted by atomic mass is 16.5. The number of pyridine rings is 1. The number of hydrogen-bond acceptors (Lipinski definition) is 5. The van der Waals surface area contributed by atoms with Crippen LogP contribution >= 0.6 is 0 Å². The summed E-state index contributed by atoms with van der Waals surface area (Å²) >= 11 is 0. The van der Waals surface area contributed by atoms with E-state index in [0.29, 0.717) is 41.7 Å². The number of carbonyl (C=O) groups excluding carboxylic acids is 2. The van der Waals surface area contributed by atoms with Gasteiger partial charge in [0.1, 0.15) is 11.3 Å². The van der Waals surface area contributed by atoms with Crippen LogP contribution in [0.25, 0.3) is 10.9 Å². The summed E-state index contributed by atoms with van der Waals surface area (Å²) in [6.07, 6.45) is 1.43. The molecule has 0 fully saturated rings. The summed E-state index contributed by atoms with van der Waals surface area (Å²) in [6.45, 7) is 6.48. The molecule has 1 heterocycles. The highest BCUT2D eigenvalue weighted by Gasteiger charge is 2.22. The molecule has 0 saturated carbocycles. The molecule has 0 atom stereocenters. The van der Waals surface area contributed by atoms with E-state index in [1.807, 2.05) is 26.8 Å². The van der Waals surface area contributed by atoms with Crippen LogP contribution in [0.1, 0.15) is 53.0 Å². The first-order chi connectivity index (χ1) is 14.9. The molecule has 2 N–H and O–H groups in total. The van der Waals surface area contributed by atoms with Gasteiger partial charge in [-0.3, -0.25) is 9.59 Å². The zero-order chi connectivity index (χ0) is 22.5. The minimum Gasteiger partial charge on any atom is -0.506 e. The van der Waals surface area contributed by atoms with Gasteiger partial charge in [0.15, 0.2) is 0 Å². The van der Waals surface area contributed by atoms with Crippen LogP contribution in [0.15, 0.2) is 47.3 Å². The van der Waals surface area contributed by atoms with Crippen LogP contribution in [-0.2, 0) is 11.3 Å². The van der Waals surface area contributed by atoms with E-state index in [9.17, 15) is 19.5 Å². The Morgan fingerprint density at radius 1 is 1.06 bits per heavy atom. The number of carbonyl (C=O) groups is 2. The van der Waals surface area contributed by atoms with Crippen molar-refractivity contribution in [2.24, 2.45) is 0 Å². The first-order valence-electron chi connectivity index (χ1n) is 10.3. The topological polar surface area (TPSA) is 97.6 Å². The number of esters is 1. The molecule has 0 radical (unpaired) electrons. The number of anilines is 1. The standard InChI is InChI=1S/C24H26N2O5/c1-4-12-26-19-11-6-15(3)14-18(19)21(27)20(23(26)29)22(28)25-17-9-7-16(8-10-17)24(30)31-13-5-2/h6-11,14,27H,4-5,12-13H2,1-3H3,(H,25,28). The van der Waals surface area contributed by atoms with Crippen molar-refractivity contribution in [1.82, 2.24) is 4.57 Å². The van der Waals surface area contributed by atoms with Gasteiger partial charge in [0.25, 0.3) is 11.5 Å². The summed E-state index contributed by atoms with van der Waals surface area (Å²) in [5.74, 6) is -1.49. The average molecular weight is 422 g/mol. The van der Waals surface area contributed by atoms with Crippen molar-refractivity contribution in [3.8, 4) is 5.75 Å². The second-order valence-electron chi connectivity index (χ2n) is 7.37. The van der Waals surface area contributed by atoms with Crippen molar-refractivity contribution in [1.29, 1.82) is 0 Å². The molecule has 0 spiro atoms. The quantitative estimate of drug-likeness (QED) is 0.555. The van der Waals surface area contributed by atoms with E-state index in [4.69, 9.17) is 4.74 Å². The summed E-state index contributed by atoms with van der Waals surface area (Å²) in [5, 5.41) is 13.8. The molecule has 7 nitrogen and oxygen atoms in total. The Hall–Kier alpha value is -3.61. The lowest BCUT2D eigenvalue weighted by atomic mass is 10.1. The van der Waals surface area contributed by atoms with Gasteiger partial charge in [-0.15, -0.1) is 0 Å². The zero-order valence-electron chi connectivity index (χ0n) is 17.9. The van der Waals surface area contributed by atoms with Crippen molar-refractivity contribution >= 4 is 28.5 Å². The Morgan fingerprint density at radius 3 is 2.42 bits per heavy atom. The van der Waals surface area contributed by atoms with E-state index < -0.39 is 17.4 Å². The molecule has 1 aromatic heterocycles. The number of hydrogen-bond donors (Lipinski definition) is 2. The third-order valence-electron chi connectivity index (χ3n) is 4.88.